The Morgan fingerprint density at radius 3 is 2.85 bits per heavy atom. The summed E-state index contributed by atoms with van der Waals surface area (Å²) in [7, 11) is 0. The number of hydrogen-bond donors (Lipinski definition) is 0. The second-order valence-electron chi connectivity index (χ2n) is 8.30. The maximum atomic E-state index is 12.7. The van der Waals surface area contributed by atoms with Crippen molar-refractivity contribution in [1.82, 2.24) is 19.7 Å². The highest BCUT2D eigenvalue weighted by molar-refractivity contribution is 7.11. The van der Waals surface area contributed by atoms with Crippen LogP contribution in [-0.4, -0.2) is 32.8 Å². The van der Waals surface area contributed by atoms with Crippen LogP contribution in [0.15, 0.2) is 23.0 Å². The zero-order valence-electron chi connectivity index (χ0n) is 15.9. The summed E-state index contributed by atoms with van der Waals surface area (Å²) in [5, 5.41) is 10.6. The summed E-state index contributed by atoms with van der Waals surface area (Å²) < 4.78 is 2.13. The van der Waals surface area contributed by atoms with E-state index >= 15 is 0 Å². The fourth-order valence-corrected chi connectivity index (χ4v) is 5.48. The Labute approximate surface area is 159 Å². The Morgan fingerprint density at radius 2 is 2.12 bits per heavy atom. The van der Waals surface area contributed by atoms with Crippen molar-refractivity contribution in [2.75, 3.05) is 13.1 Å². The molecular weight excluding hydrogens is 344 g/mol. The molecule has 2 bridgehead atoms. The number of pyridine rings is 1. The fraction of sp³-hybridized carbons (Fsp3) is 0.650. The van der Waals surface area contributed by atoms with E-state index in [1.165, 1.54) is 18.5 Å². The molecule has 4 rings (SSSR count). The molecule has 0 aliphatic carbocycles. The maximum absolute atomic E-state index is 12.7. The van der Waals surface area contributed by atoms with Gasteiger partial charge in [0.2, 0.25) is 0 Å². The topological polar surface area (TPSA) is 51.0 Å². The highest BCUT2D eigenvalue weighted by atomic mass is 32.1. The van der Waals surface area contributed by atoms with Crippen LogP contribution in [0.1, 0.15) is 60.8 Å². The molecule has 0 aromatic carbocycles. The first kappa shape index (κ1) is 17.9. The molecule has 0 unspecified atom stereocenters. The lowest BCUT2D eigenvalue weighted by Gasteiger charge is -2.47. The number of aryl methyl sites for hydroxylation is 1. The molecule has 2 aliphatic heterocycles. The number of nitrogens with zero attached hydrogens (tertiary/aromatic N) is 4. The van der Waals surface area contributed by atoms with Crippen LogP contribution in [0.3, 0.4) is 0 Å². The van der Waals surface area contributed by atoms with Gasteiger partial charge in [0.25, 0.3) is 5.56 Å². The molecule has 2 aromatic heterocycles. The number of piperidine rings is 1. The second-order valence-corrected chi connectivity index (χ2v) is 9.57. The molecule has 26 heavy (non-hydrogen) atoms. The number of hydrogen-bond acceptors (Lipinski definition) is 5. The van der Waals surface area contributed by atoms with E-state index in [0.29, 0.717) is 23.8 Å². The van der Waals surface area contributed by atoms with E-state index in [1.54, 1.807) is 17.4 Å². The van der Waals surface area contributed by atoms with Gasteiger partial charge in [0.1, 0.15) is 10.0 Å². The van der Waals surface area contributed by atoms with E-state index in [4.69, 9.17) is 0 Å². The van der Waals surface area contributed by atoms with E-state index in [1.807, 2.05) is 13.0 Å². The molecule has 0 amide bonds. The molecule has 0 saturated carbocycles. The van der Waals surface area contributed by atoms with Crippen LogP contribution in [0.5, 0.6) is 0 Å². The molecule has 3 atom stereocenters. The Bertz CT molecular complexity index is 827. The van der Waals surface area contributed by atoms with Crippen LogP contribution in [0.4, 0.5) is 0 Å². The molecule has 0 radical (unpaired) electrons. The molecule has 2 aliphatic rings. The standard InChI is InChI=1S/C20H28N4OS/c1-13(2)7-8-18-16-9-15(17-5-4-6-20(25)24(17)18)10-23(11-16)12-19-22-21-14(3)26-19/h4-6,13,15-16,18H,7-12H2,1-3H3/t15-,16+,18+/m1/s1. The van der Waals surface area contributed by atoms with Gasteiger partial charge >= 0.3 is 0 Å². The van der Waals surface area contributed by atoms with Crippen LogP contribution < -0.4 is 5.56 Å². The van der Waals surface area contributed by atoms with Crippen molar-refractivity contribution in [3.8, 4) is 0 Å². The summed E-state index contributed by atoms with van der Waals surface area (Å²) in [5.74, 6) is 1.67. The summed E-state index contributed by atoms with van der Waals surface area (Å²) in [6.45, 7) is 9.49. The Kier molecular flexibility index (Phi) is 4.97. The molecule has 2 aromatic rings. The third kappa shape index (κ3) is 3.49. The predicted octanol–water partition coefficient (Wildman–Crippen LogP) is 3.60. The van der Waals surface area contributed by atoms with E-state index < -0.39 is 0 Å². The van der Waals surface area contributed by atoms with Crippen LogP contribution in [-0.2, 0) is 6.54 Å². The van der Waals surface area contributed by atoms with Gasteiger partial charge in [0.15, 0.2) is 0 Å². The van der Waals surface area contributed by atoms with Gasteiger partial charge in [-0.1, -0.05) is 19.9 Å². The van der Waals surface area contributed by atoms with Crippen molar-refractivity contribution < 1.29 is 0 Å². The average Bonchev–Trinajstić information content (AvgIpc) is 3.00. The van der Waals surface area contributed by atoms with E-state index in [2.05, 4.69) is 39.6 Å². The average molecular weight is 373 g/mol. The van der Waals surface area contributed by atoms with Crippen LogP contribution in [0.2, 0.25) is 0 Å². The molecule has 1 fully saturated rings. The summed E-state index contributed by atoms with van der Waals surface area (Å²) in [5.41, 5.74) is 1.42. The lowest BCUT2D eigenvalue weighted by atomic mass is 9.76. The second kappa shape index (κ2) is 7.24. The fourth-order valence-electron chi connectivity index (χ4n) is 4.73. The highest BCUT2D eigenvalue weighted by Gasteiger charge is 2.40. The van der Waals surface area contributed by atoms with Gasteiger partial charge in [0.05, 0.1) is 6.54 Å². The van der Waals surface area contributed by atoms with Crippen molar-refractivity contribution >= 4 is 11.3 Å². The zero-order chi connectivity index (χ0) is 18.3. The van der Waals surface area contributed by atoms with Gasteiger partial charge in [-0.05, 0) is 44.1 Å². The van der Waals surface area contributed by atoms with Crippen molar-refractivity contribution in [3.63, 3.8) is 0 Å². The lowest BCUT2D eigenvalue weighted by molar-refractivity contribution is 0.0797. The number of likely N-dealkylation sites (tertiary alicyclic amines) is 1. The van der Waals surface area contributed by atoms with Gasteiger partial charge in [-0.25, -0.2) is 0 Å². The van der Waals surface area contributed by atoms with Crippen LogP contribution in [0.25, 0.3) is 0 Å². The first-order valence-electron chi connectivity index (χ1n) is 9.74. The zero-order valence-corrected chi connectivity index (χ0v) is 16.7. The Balaban J connectivity index is 1.62. The third-order valence-electron chi connectivity index (χ3n) is 5.84. The van der Waals surface area contributed by atoms with Gasteiger partial charge in [-0.2, -0.15) is 0 Å². The first-order chi connectivity index (χ1) is 12.5. The monoisotopic (exact) mass is 372 g/mol. The molecule has 5 nitrogen and oxygen atoms in total. The minimum atomic E-state index is 0.180. The summed E-state index contributed by atoms with van der Waals surface area (Å²) in [4.78, 5) is 15.2. The normalized spacial score (nSPS) is 25.5. The molecule has 1 saturated heterocycles. The summed E-state index contributed by atoms with van der Waals surface area (Å²) in [6.07, 6.45) is 3.47. The van der Waals surface area contributed by atoms with Gasteiger partial charge in [-0.15, -0.1) is 21.5 Å². The van der Waals surface area contributed by atoms with E-state index in [0.717, 1.165) is 36.1 Å². The first-order valence-corrected chi connectivity index (χ1v) is 10.6. The lowest BCUT2D eigenvalue weighted by Crippen LogP contribution is -2.49. The molecule has 140 valence electrons. The summed E-state index contributed by atoms with van der Waals surface area (Å²) >= 11 is 1.69. The van der Waals surface area contributed by atoms with Crippen molar-refractivity contribution in [1.29, 1.82) is 0 Å². The summed E-state index contributed by atoms with van der Waals surface area (Å²) in [6, 6.07) is 6.16. The van der Waals surface area contributed by atoms with Gasteiger partial charge in [0, 0.05) is 36.8 Å². The molecule has 4 heterocycles. The van der Waals surface area contributed by atoms with E-state index in [9.17, 15) is 4.79 Å². The Hall–Kier alpha value is -1.53. The SMILES string of the molecule is Cc1nnc(CN2C[C@H]3C[C@@H](C2)[C@H](CCC(C)C)n2c3cccc2=O)s1. The number of rotatable bonds is 5. The number of fused-ring (bicyclic) bond motifs is 4. The Morgan fingerprint density at radius 1 is 1.27 bits per heavy atom. The minimum Gasteiger partial charge on any atom is -0.309 e. The largest absolute Gasteiger partial charge is 0.309 e. The molecule has 0 N–H and O–H groups in total. The van der Waals surface area contributed by atoms with E-state index in [-0.39, 0.29) is 5.56 Å². The van der Waals surface area contributed by atoms with Crippen molar-refractivity contribution in [2.24, 2.45) is 11.8 Å². The van der Waals surface area contributed by atoms with Crippen molar-refractivity contribution in [2.45, 2.75) is 58.5 Å². The van der Waals surface area contributed by atoms with Crippen LogP contribution in [0, 0.1) is 18.8 Å². The smallest absolute Gasteiger partial charge is 0.250 e. The third-order valence-corrected chi connectivity index (χ3v) is 6.66. The predicted molar refractivity (Wildman–Crippen MR) is 105 cm³/mol. The molecular formula is C20H28N4OS. The maximum Gasteiger partial charge on any atom is 0.250 e. The minimum absolute atomic E-state index is 0.180. The number of aromatic nitrogens is 3. The molecule has 6 heteroatoms. The van der Waals surface area contributed by atoms with Crippen molar-refractivity contribution in [3.05, 3.63) is 44.3 Å². The van der Waals surface area contributed by atoms with Crippen LogP contribution >= 0.6 is 11.3 Å². The highest BCUT2D eigenvalue weighted by Crippen LogP contribution is 2.43. The van der Waals surface area contributed by atoms with Gasteiger partial charge < -0.3 is 4.57 Å². The quantitative estimate of drug-likeness (QED) is 0.805. The molecule has 0 spiro atoms. The van der Waals surface area contributed by atoms with Gasteiger partial charge in [-0.3, -0.25) is 9.69 Å².